The third kappa shape index (κ3) is 6.50. The zero-order valence-electron chi connectivity index (χ0n) is 12.0. The molecule has 6 nitrogen and oxygen atoms in total. The van der Waals surface area contributed by atoms with E-state index in [2.05, 4.69) is 5.32 Å². The van der Waals surface area contributed by atoms with Crippen molar-refractivity contribution in [3.8, 4) is 0 Å². The van der Waals surface area contributed by atoms with Crippen LogP contribution in [0.4, 0.5) is 0 Å². The Hall–Kier alpha value is -1.73. The van der Waals surface area contributed by atoms with Crippen molar-refractivity contribution in [2.75, 3.05) is 6.54 Å². The third-order valence-electron chi connectivity index (χ3n) is 3.01. The summed E-state index contributed by atoms with van der Waals surface area (Å²) in [6, 6.07) is 6.19. The normalized spacial score (nSPS) is 11.1. The Morgan fingerprint density at radius 1 is 1.14 bits per heavy atom. The van der Waals surface area contributed by atoms with E-state index in [4.69, 9.17) is 5.14 Å². The Labute approximate surface area is 124 Å². The van der Waals surface area contributed by atoms with Crippen LogP contribution in [0.25, 0.3) is 0 Å². The third-order valence-corrected chi connectivity index (χ3v) is 3.94. The number of carbonyl (C=O) groups excluding carboxylic acids is 2. The molecule has 116 valence electrons. The quantitative estimate of drug-likeness (QED) is 0.738. The van der Waals surface area contributed by atoms with Crippen molar-refractivity contribution in [1.29, 1.82) is 0 Å². The fraction of sp³-hybridized carbons (Fsp3) is 0.429. The van der Waals surface area contributed by atoms with E-state index in [0.717, 1.165) is 5.56 Å². The van der Waals surface area contributed by atoms with Crippen molar-refractivity contribution in [1.82, 2.24) is 5.32 Å². The van der Waals surface area contributed by atoms with Crippen LogP contribution in [-0.2, 0) is 26.0 Å². The van der Waals surface area contributed by atoms with Crippen LogP contribution >= 0.6 is 0 Å². The molecule has 7 heteroatoms. The van der Waals surface area contributed by atoms with E-state index in [1.54, 1.807) is 19.1 Å². The van der Waals surface area contributed by atoms with Crippen LogP contribution in [0.15, 0.2) is 29.2 Å². The molecule has 0 saturated carbocycles. The summed E-state index contributed by atoms with van der Waals surface area (Å²) in [6.07, 6.45) is 1.50. The van der Waals surface area contributed by atoms with Gasteiger partial charge in [-0.2, -0.15) is 0 Å². The van der Waals surface area contributed by atoms with E-state index in [-0.39, 0.29) is 29.4 Å². The lowest BCUT2D eigenvalue weighted by molar-refractivity contribution is -0.125. The molecule has 0 atom stereocenters. The average molecular weight is 312 g/mol. The highest BCUT2D eigenvalue weighted by atomic mass is 32.2. The number of hydrogen-bond acceptors (Lipinski definition) is 4. The van der Waals surface area contributed by atoms with Crippen molar-refractivity contribution in [2.24, 2.45) is 5.14 Å². The predicted octanol–water partition coefficient (Wildman–Crippen LogP) is 0.752. The Bertz CT molecular complexity index is 594. The lowest BCUT2D eigenvalue weighted by Crippen LogP contribution is -2.26. The molecular formula is C14H20N2O4S. The second kappa shape index (κ2) is 7.90. The first-order valence-corrected chi connectivity index (χ1v) is 8.27. The largest absolute Gasteiger partial charge is 0.356 e. The smallest absolute Gasteiger partial charge is 0.238 e. The summed E-state index contributed by atoms with van der Waals surface area (Å²) >= 11 is 0. The molecule has 0 aliphatic rings. The first-order chi connectivity index (χ1) is 9.82. The lowest BCUT2D eigenvalue weighted by Gasteiger charge is -2.05. The first kappa shape index (κ1) is 17.3. The van der Waals surface area contributed by atoms with Gasteiger partial charge >= 0.3 is 0 Å². The van der Waals surface area contributed by atoms with Gasteiger partial charge < -0.3 is 5.32 Å². The van der Waals surface area contributed by atoms with E-state index in [1.807, 2.05) is 0 Å². The molecule has 1 amide bonds. The van der Waals surface area contributed by atoms with Gasteiger partial charge in [0.2, 0.25) is 15.9 Å². The topological polar surface area (TPSA) is 106 Å². The number of ketones is 1. The lowest BCUT2D eigenvalue weighted by atomic mass is 10.1. The molecule has 0 fully saturated rings. The molecular weight excluding hydrogens is 292 g/mol. The molecule has 0 heterocycles. The molecule has 0 aromatic heterocycles. The summed E-state index contributed by atoms with van der Waals surface area (Å²) in [7, 11) is -3.67. The highest BCUT2D eigenvalue weighted by molar-refractivity contribution is 7.89. The number of hydrogen-bond donors (Lipinski definition) is 2. The second-order valence-corrected chi connectivity index (χ2v) is 6.24. The van der Waals surface area contributed by atoms with Crippen LogP contribution in [-0.4, -0.2) is 26.7 Å². The SMILES string of the molecule is CCC(=O)CCC(=O)NCCc1ccc(S(N)(=O)=O)cc1. The molecule has 0 saturated heterocycles. The van der Waals surface area contributed by atoms with E-state index < -0.39 is 10.0 Å². The molecule has 1 aromatic rings. The fourth-order valence-corrected chi connectivity index (χ4v) is 2.23. The molecule has 0 bridgehead atoms. The molecule has 0 aliphatic heterocycles. The second-order valence-electron chi connectivity index (χ2n) is 4.68. The van der Waals surface area contributed by atoms with Gasteiger partial charge in [-0.25, -0.2) is 13.6 Å². The molecule has 21 heavy (non-hydrogen) atoms. The monoisotopic (exact) mass is 312 g/mol. The molecule has 1 aromatic carbocycles. The molecule has 0 spiro atoms. The average Bonchev–Trinajstić information content (AvgIpc) is 2.44. The molecule has 1 rings (SSSR count). The number of amides is 1. The van der Waals surface area contributed by atoms with Crippen LogP contribution in [0.2, 0.25) is 0 Å². The van der Waals surface area contributed by atoms with Crippen LogP contribution in [0.1, 0.15) is 31.7 Å². The number of rotatable bonds is 8. The highest BCUT2D eigenvalue weighted by Crippen LogP contribution is 2.08. The van der Waals surface area contributed by atoms with Crippen LogP contribution < -0.4 is 10.5 Å². The molecule has 0 aliphatic carbocycles. The summed E-state index contributed by atoms with van der Waals surface area (Å²) in [4.78, 5) is 22.6. The van der Waals surface area contributed by atoms with Gasteiger partial charge in [0.1, 0.15) is 5.78 Å². The van der Waals surface area contributed by atoms with Crippen LogP contribution in [0.5, 0.6) is 0 Å². The van der Waals surface area contributed by atoms with Crippen molar-refractivity contribution in [2.45, 2.75) is 37.5 Å². The van der Waals surface area contributed by atoms with Gasteiger partial charge in [-0.15, -0.1) is 0 Å². The van der Waals surface area contributed by atoms with E-state index in [0.29, 0.717) is 19.4 Å². The number of Topliss-reactive ketones (excluding diaryl/α,β-unsaturated/α-hetero) is 1. The summed E-state index contributed by atoms with van der Waals surface area (Å²) in [5, 5.41) is 7.72. The van der Waals surface area contributed by atoms with Gasteiger partial charge in [-0.05, 0) is 24.1 Å². The number of benzene rings is 1. The van der Waals surface area contributed by atoms with Gasteiger partial charge in [0.05, 0.1) is 4.90 Å². The summed E-state index contributed by atoms with van der Waals surface area (Å²) < 4.78 is 22.2. The Morgan fingerprint density at radius 2 is 1.76 bits per heavy atom. The zero-order valence-corrected chi connectivity index (χ0v) is 12.8. The van der Waals surface area contributed by atoms with Crippen molar-refractivity contribution in [3.63, 3.8) is 0 Å². The van der Waals surface area contributed by atoms with Crippen LogP contribution in [0, 0.1) is 0 Å². The predicted molar refractivity (Wildman–Crippen MR) is 79.1 cm³/mol. The summed E-state index contributed by atoms with van der Waals surface area (Å²) in [5.74, 6) is -0.0818. The zero-order chi connectivity index (χ0) is 15.9. The number of nitrogens with one attached hydrogen (secondary N) is 1. The van der Waals surface area contributed by atoms with Crippen molar-refractivity contribution < 1.29 is 18.0 Å². The highest BCUT2D eigenvalue weighted by Gasteiger charge is 2.07. The maximum absolute atomic E-state index is 11.5. The minimum Gasteiger partial charge on any atom is -0.356 e. The van der Waals surface area contributed by atoms with Gasteiger partial charge in [0, 0.05) is 25.8 Å². The fourth-order valence-electron chi connectivity index (χ4n) is 1.71. The number of carbonyl (C=O) groups is 2. The van der Waals surface area contributed by atoms with E-state index >= 15 is 0 Å². The summed E-state index contributed by atoms with van der Waals surface area (Å²) in [5.41, 5.74) is 0.896. The minimum atomic E-state index is -3.67. The van der Waals surface area contributed by atoms with Gasteiger partial charge in [-0.3, -0.25) is 9.59 Å². The Morgan fingerprint density at radius 3 is 2.29 bits per heavy atom. The minimum absolute atomic E-state index is 0.0633. The van der Waals surface area contributed by atoms with Gasteiger partial charge in [-0.1, -0.05) is 19.1 Å². The standard InChI is InChI=1S/C14H20N2O4S/c1-2-12(17)5-8-14(18)16-10-9-11-3-6-13(7-4-11)21(15,19)20/h3-4,6-7H,2,5,8-10H2,1H3,(H,16,18)(H2,15,19,20). The van der Waals surface area contributed by atoms with Crippen molar-refractivity contribution in [3.05, 3.63) is 29.8 Å². The summed E-state index contributed by atoms with van der Waals surface area (Å²) in [6.45, 7) is 2.21. The van der Waals surface area contributed by atoms with E-state index in [9.17, 15) is 18.0 Å². The Balaban J connectivity index is 2.36. The van der Waals surface area contributed by atoms with Gasteiger partial charge in [0.25, 0.3) is 0 Å². The Kier molecular flexibility index (Phi) is 6.51. The maximum atomic E-state index is 11.5. The number of nitrogens with two attached hydrogens (primary N) is 1. The van der Waals surface area contributed by atoms with E-state index in [1.165, 1.54) is 12.1 Å². The number of primary sulfonamides is 1. The van der Waals surface area contributed by atoms with Gasteiger partial charge in [0.15, 0.2) is 0 Å². The number of sulfonamides is 1. The van der Waals surface area contributed by atoms with Crippen LogP contribution in [0.3, 0.4) is 0 Å². The first-order valence-electron chi connectivity index (χ1n) is 6.73. The van der Waals surface area contributed by atoms with Crippen molar-refractivity contribution >= 4 is 21.7 Å². The molecule has 0 unspecified atom stereocenters. The maximum Gasteiger partial charge on any atom is 0.238 e. The molecule has 0 radical (unpaired) electrons. The molecule has 3 N–H and O–H groups in total.